The fourth-order valence-corrected chi connectivity index (χ4v) is 9.20. The number of carboxylic acids is 1. The Morgan fingerprint density at radius 3 is 1.99 bits per heavy atom. The van der Waals surface area contributed by atoms with Crippen LogP contribution in [0.25, 0.3) is 22.6 Å². The molecule has 2 heterocycles. The minimum absolute atomic E-state index is 0.0431. The van der Waals surface area contributed by atoms with Crippen molar-refractivity contribution in [3.63, 3.8) is 0 Å². The van der Waals surface area contributed by atoms with Gasteiger partial charge in [0.15, 0.2) is 0 Å². The van der Waals surface area contributed by atoms with Crippen LogP contribution in [0.1, 0.15) is 59.7 Å². The Morgan fingerprint density at radius 1 is 0.731 bits per heavy atom. The van der Waals surface area contributed by atoms with E-state index in [0.717, 1.165) is 41.2 Å². The predicted molar refractivity (Wildman–Crippen MR) is 250 cm³/mol. The van der Waals surface area contributed by atoms with Crippen LogP contribution in [0, 0.1) is 18.8 Å². The van der Waals surface area contributed by atoms with Gasteiger partial charge in [0.25, 0.3) is 0 Å². The summed E-state index contributed by atoms with van der Waals surface area (Å²) in [4.78, 5) is 57.3. The molecule has 3 atom stereocenters. The molecule has 3 unspecified atom stereocenters. The molecule has 6 aromatic rings. The maximum atomic E-state index is 12.8. The lowest BCUT2D eigenvalue weighted by Crippen LogP contribution is -2.58. The number of para-hydroxylation sites is 1. The predicted octanol–water partition coefficient (Wildman–Crippen LogP) is 9.36. The molecule has 1 saturated carbocycles. The number of oxazole rings is 1. The highest BCUT2D eigenvalue weighted by Gasteiger charge is 2.39. The summed E-state index contributed by atoms with van der Waals surface area (Å²) >= 11 is 0. The molecular formula is C54H55N3O10. The maximum Gasteiger partial charge on any atom is 0.416 e. The first-order valence-electron chi connectivity index (χ1n) is 22.8. The highest BCUT2D eigenvalue weighted by Crippen LogP contribution is 2.45. The van der Waals surface area contributed by atoms with E-state index in [0.29, 0.717) is 57.2 Å². The summed E-state index contributed by atoms with van der Waals surface area (Å²) in [6.07, 6.45) is 3.25. The molecule has 0 spiro atoms. The molecule has 67 heavy (non-hydrogen) atoms. The topological polar surface area (TPSA) is 158 Å². The minimum Gasteiger partial charge on any atom is -0.493 e. The first-order chi connectivity index (χ1) is 32.7. The molecule has 1 amide bonds. The van der Waals surface area contributed by atoms with E-state index in [9.17, 15) is 24.3 Å². The number of piperazine rings is 1. The molecule has 13 heteroatoms. The van der Waals surface area contributed by atoms with Gasteiger partial charge in [0.1, 0.15) is 29.9 Å². The van der Waals surface area contributed by atoms with Crippen LogP contribution in [-0.4, -0.2) is 89.9 Å². The van der Waals surface area contributed by atoms with Gasteiger partial charge in [0, 0.05) is 44.1 Å². The van der Waals surface area contributed by atoms with Crippen LogP contribution < -0.4 is 9.47 Å². The van der Waals surface area contributed by atoms with Crippen LogP contribution >= 0.6 is 0 Å². The second-order valence-electron chi connectivity index (χ2n) is 17.0. The van der Waals surface area contributed by atoms with Crippen molar-refractivity contribution in [3.8, 4) is 34.1 Å². The molecule has 2 fully saturated rings. The summed E-state index contributed by atoms with van der Waals surface area (Å²) < 4.78 is 27.8. The van der Waals surface area contributed by atoms with E-state index < -0.39 is 24.0 Å². The van der Waals surface area contributed by atoms with Gasteiger partial charge in [-0.3, -0.25) is 19.4 Å². The van der Waals surface area contributed by atoms with Crippen molar-refractivity contribution < 1.29 is 47.6 Å². The molecule has 13 nitrogen and oxygen atoms in total. The lowest BCUT2D eigenvalue weighted by atomic mass is 9.79. The highest BCUT2D eigenvalue weighted by molar-refractivity contribution is 5.83. The molecule has 9 rings (SSSR count). The number of carbonyl (C=O) groups is 4. The molecule has 0 radical (unpaired) electrons. The van der Waals surface area contributed by atoms with Crippen molar-refractivity contribution in [1.29, 1.82) is 0 Å². The summed E-state index contributed by atoms with van der Waals surface area (Å²) in [6, 6.07) is 41.8. The SMILES string of the molecule is COC(=O)C1CCCCC1C(=O)OCC1c2ccccc2-c2ccccc21.Cc1oc(-c2ccccc2)nc1CCOc1ccc(CN2CCN(C(=O)Oc3ccccc3)C(C(=O)O)C2)cc1. The van der Waals surface area contributed by atoms with E-state index in [1.54, 1.807) is 24.3 Å². The molecule has 5 aromatic carbocycles. The van der Waals surface area contributed by atoms with Crippen molar-refractivity contribution in [2.24, 2.45) is 11.8 Å². The zero-order valence-corrected chi connectivity index (χ0v) is 37.8. The molecule has 1 aliphatic heterocycles. The van der Waals surface area contributed by atoms with Gasteiger partial charge in [0.05, 0.1) is 31.2 Å². The number of methoxy groups -OCH3 is 1. The van der Waals surface area contributed by atoms with Crippen LogP contribution in [0.2, 0.25) is 0 Å². The third-order valence-corrected chi connectivity index (χ3v) is 12.7. The zero-order chi connectivity index (χ0) is 46.7. The van der Waals surface area contributed by atoms with Gasteiger partial charge in [-0.1, -0.05) is 110 Å². The molecule has 3 aliphatic rings. The Labute approximate surface area is 390 Å². The van der Waals surface area contributed by atoms with Gasteiger partial charge in [-0.05, 0) is 84.0 Å². The Hall–Kier alpha value is -7.25. The summed E-state index contributed by atoms with van der Waals surface area (Å²) in [6.45, 7) is 4.24. The number of benzene rings is 5. The average Bonchev–Trinajstić information content (AvgIpc) is 3.90. The van der Waals surface area contributed by atoms with E-state index in [-0.39, 0.29) is 36.9 Å². The van der Waals surface area contributed by atoms with Gasteiger partial charge in [0.2, 0.25) is 5.89 Å². The van der Waals surface area contributed by atoms with E-state index in [4.69, 9.17) is 23.4 Å². The maximum absolute atomic E-state index is 12.8. The van der Waals surface area contributed by atoms with Gasteiger partial charge >= 0.3 is 24.0 Å². The number of fused-ring (bicyclic) bond motifs is 3. The van der Waals surface area contributed by atoms with E-state index in [2.05, 4.69) is 29.2 Å². The first-order valence-corrected chi connectivity index (χ1v) is 22.8. The second kappa shape index (κ2) is 21.8. The molecule has 1 aromatic heterocycles. The number of nitrogens with zero attached hydrogens (tertiary/aromatic N) is 3. The molecule has 346 valence electrons. The van der Waals surface area contributed by atoms with Crippen LogP contribution in [0.5, 0.6) is 11.5 Å². The number of aromatic nitrogens is 1. The van der Waals surface area contributed by atoms with E-state index >= 15 is 0 Å². The third kappa shape index (κ3) is 11.2. The number of rotatable bonds is 13. The van der Waals surface area contributed by atoms with Crippen LogP contribution in [0.3, 0.4) is 0 Å². The molecular weight excluding hydrogens is 851 g/mol. The smallest absolute Gasteiger partial charge is 0.416 e. The van der Waals surface area contributed by atoms with E-state index in [1.807, 2.05) is 96.8 Å². The number of hydrogen-bond acceptors (Lipinski definition) is 11. The zero-order valence-electron chi connectivity index (χ0n) is 37.8. The monoisotopic (exact) mass is 905 g/mol. The molecule has 1 saturated heterocycles. The minimum atomic E-state index is -1.06. The van der Waals surface area contributed by atoms with Gasteiger partial charge in [-0.2, -0.15) is 0 Å². The summed E-state index contributed by atoms with van der Waals surface area (Å²) in [7, 11) is 1.38. The third-order valence-electron chi connectivity index (χ3n) is 12.7. The fraction of sp³-hybridized carbons (Fsp3) is 0.315. The fourth-order valence-electron chi connectivity index (χ4n) is 9.20. The largest absolute Gasteiger partial charge is 0.493 e. The molecule has 0 bridgehead atoms. The number of aliphatic carboxylic acids is 1. The van der Waals surface area contributed by atoms with Crippen molar-refractivity contribution in [2.45, 2.75) is 57.5 Å². The summed E-state index contributed by atoms with van der Waals surface area (Å²) in [5, 5.41) is 9.78. The average molecular weight is 906 g/mol. The van der Waals surface area contributed by atoms with Gasteiger partial charge < -0.3 is 28.5 Å². The standard InChI is InChI=1S/C31H31N3O6.C23H24O4/c1-22-27(32-29(39-22)24-8-4-2-5-9-24)16-19-38-25-14-12-23(13-15-25)20-33-17-18-34(28(21-33)30(35)36)31(37)40-26-10-6-3-7-11-26;1-26-22(24)19-12-6-7-13-20(19)23(25)27-14-21-17-10-4-2-8-15(17)16-9-3-5-11-18(16)21/h2-15,28H,16-21H2,1H3,(H,35,36);2-5,8-11,19-21H,6-7,12-14H2,1H3. The molecule has 1 N–H and O–H groups in total. The Balaban J connectivity index is 0.000000196. The number of aryl methyl sites for hydroxylation is 1. The number of esters is 2. The van der Waals surface area contributed by atoms with Gasteiger partial charge in [-0.15, -0.1) is 0 Å². The van der Waals surface area contributed by atoms with Crippen LogP contribution in [0.4, 0.5) is 4.79 Å². The molecule has 2 aliphatic carbocycles. The van der Waals surface area contributed by atoms with Crippen molar-refractivity contribution in [2.75, 3.05) is 40.0 Å². The number of ether oxygens (including phenoxy) is 4. The van der Waals surface area contributed by atoms with Crippen LogP contribution in [0.15, 0.2) is 138 Å². The van der Waals surface area contributed by atoms with Crippen molar-refractivity contribution in [3.05, 3.63) is 162 Å². The van der Waals surface area contributed by atoms with E-state index in [1.165, 1.54) is 34.3 Å². The lowest BCUT2D eigenvalue weighted by molar-refractivity contribution is -0.161. The van der Waals surface area contributed by atoms with Gasteiger partial charge in [-0.25, -0.2) is 14.6 Å². The van der Waals surface area contributed by atoms with Crippen molar-refractivity contribution >= 4 is 24.0 Å². The number of carbonyl (C=O) groups excluding carboxylic acids is 3. The quantitative estimate of drug-likeness (QED) is 0.110. The number of amides is 1. The second-order valence-corrected chi connectivity index (χ2v) is 17.0. The summed E-state index contributed by atoms with van der Waals surface area (Å²) in [5.41, 5.74) is 7.64. The normalized spacial score (nSPS) is 17.8. The first kappa shape index (κ1) is 46.3. The number of hydrogen-bond donors (Lipinski definition) is 1. The van der Waals surface area contributed by atoms with Crippen LogP contribution in [-0.2, 0) is 36.8 Å². The highest BCUT2D eigenvalue weighted by atomic mass is 16.6. The summed E-state index contributed by atoms with van der Waals surface area (Å²) in [5.74, 6) is 0.165. The van der Waals surface area contributed by atoms with Crippen molar-refractivity contribution in [1.82, 2.24) is 14.8 Å². The number of carboxylic acid groups (broad SMARTS) is 1. The lowest BCUT2D eigenvalue weighted by Gasteiger charge is -2.38. The Kier molecular flexibility index (Phi) is 15.1. The Bertz CT molecular complexity index is 2590. The Morgan fingerprint density at radius 2 is 1.34 bits per heavy atom.